The van der Waals surface area contributed by atoms with E-state index in [1.807, 2.05) is 42.3 Å². The number of carbonyl (C=O) groups excluding carboxylic acids is 2. The molecule has 0 aliphatic heterocycles. The largest absolute Gasteiger partial charge is 0.469 e. The summed E-state index contributed by atoms with van der Waals surface area (Å²) >= 11 is 0. The van der Waals surface area contributed by atoms with Gasteiger partial charge >= 0.3 is 5.97 Å². The fourth-order valence-electron chi connectivity index (χ4n) is 1.89. The van der Waals surface area contributed by atoms with E-state index in [1.165, 1.54) is 12.0 Å². The van der Waals surface area contributed by atoms with Gasteiger partial charge in [0, 0.05) is 20.6 Å². The van der Waals surface area contributed by atoms with Crippen LogP contribution in [0, 0.1) is 0 Å². The highest BCUT2D eigenvalue weighted by Crippen LogP contribution is 2.18. The van der Waals surface area contributed by atoms with Crippen LogP contribution in [0.15, 0.2) is 30.3 Å². The van der Waals surface area contributed by atoms with E-state index in [4.69, 9.17) is 4.74 Å². The van der Waals surface area contributed by atoms with Crippen LogP contribution in [0.5, 0.6) is 0 Å². The molecular formula is C15H22N2O3. The third-order valence-electron chi connectivity index (χ3n) is 3.09. The minimum atomic E-state index is -0.388. The number of ether oxygens (including phenoxy) is 1. The van der Waals surface area contributed by atoms with E-state index in [9.17, 15) is 9.59 Å². The Morgan fingerprint density at radius 3 is 2.25 bits per heavy atom. The highest BCUT2D eigenvalue weighted by Gasteiger charge is 2.23. The summed E-state index contributed by atoms with van der Waals surface area (Å²) in [6.07, 6.45) is 0. The summed E-state index contributed by atoms with van der Waals surface area (Å²) in [7, 11) is 6.62. The Hall–Kier alpha value is -1.88. The lowest BCUT2D eigenvalue weighted by Crippen LogP contribution is -2.37. The molecular weight excluding hydrogens is 256 g/mol. The number of esters is 1. The monoisotopic (exact) mass is 278 g/mol. The van der Waals surface area contributed by atoms with Crippen LogP contribution in [-0.2, 0) is 14.3 Å². The van der Waals surface area contributed by atoms with Gasteiger partial charge in [-0.25, -0.2) is 0 Å². The highest BCUT2D eigenvalue weighted by molar-refractivity contribution is 5.79. The molecule has 1 aromatic rings. The molecule has 0 aromatic heterocycles. The van der Waals surface area contributed by atoms with Crippen molar-refractivity contribution in [1.82, 2.24) is 9.80 Å². The maximum absolute atomic E-state index is 11.9. The smallest absolute Gasteiger partial charge is 0.314 e. The van der Waals surface area contributed by atoms with Crippen molar-refractivity contribution in [2.45, 2.75) is 5.92 Å². The Labute approximate surface area is 120 Å². The summed E-state index contributed by atoms with van der Waals surface area (Å²) in [6.45, 7) is 0.712. The summed E-state index contributed by atoms with van der Waals surface area (Å²) in [6, 6.07) is 9.45. The normalized spacial score (nSPS) is 12.1. The molecule has 5 nitrogen and oxygen atoms in total. The predicted octanol–water partition coefficient (Wildman–Crippen LogP) is 0.963. The van der Waals surface area contributed by atoms with E-state index >= 15 is 0 Å². The van der Waals surface area contributed by atoms with E-state index in [-0.39, 0.29) is 24.3 Å². The SMILES string of the molecule is COC(=O)C(CN(C)CC(=O)N(C)C)c1ccccc1. The zero-order valence-electron chi connectivity index (χ0n) is 12.5. The fraction of sp³-hybridized carbons (Fsp3) is 0.467. The van der Waals surface area contributed by atoms with E-state index in [0.29, 0.717) is 6.54 Å². The van der Waals surface area contributed by atoms with Crippen molar-refractivity contribution < 1.29 is 14.3 Å². The number of benzene rings is 1. The lowest BCUT2D eigenvalue weighted by Gasteiger charge is -2.23. The van der Waals surface area contributed by atoms with Crippen LogP contribution in [-0.4, -0.2) is 63.0 Å². The lowest BCUT2D eigenvalue weighted by atomic mass is 9.99. The number of hydrogen-bond acceptors (Lipinski definition) is 4. The molecule has 0 saturated carbocycles. The second kappa shape index (κ2) is 7.65. The standard InChI is InChI=1S/C15H22N2O3/c1-16(2)14(18)11-17(3)10-13(15(19)20-4)12-8-6-5-7-9-12/h5-9,13H,10-11H2,1-4H3. The van der Waals surface area contributed by atoms with Gasteiger partial charge in [0.25, 0.3) is 0 Å². The molecule has 1 rings (SSSR count). The fourth-order valence-corrected chi connectivity index (χ4v) is 1.89. The predicted molar refractivity (Wildman–Crippen MR) is 77.4 cm³/mol. The van der Waals surface area contributed by atoms with Gasteiger partial charge in [-0.2, -0.15) is 0 Å². The number of nitrogens with zero attached hydrogens (tertiary/aromatic N) is 2. The average Bonchev–Trinajstić information content (AvgIpc) is 2.44. The third kappa shape index (κ3) is 4.66. The van der Waals surface area contributed by atoms with Gasteiger partial charge < -0.3 is 9.64 Å². The third-order valence-corrected chi connectivity index (χ3v) is 3.09. The summed E-state index contributed by atoms with van der Waals surface area (Å²) in [5.41, 5.74) is 0.892. The highest BCUT2D eigenvalue weighted by atomic mass is 16.5. The first-order valence-electron chi connectivity index (χ1n) is 6.47. The van der Waals surface area contributed by atoms with Crippen molar-refractivity contribution in [3.05, 3.63) is 35.9 Å². The molecule has 20 heavy (non-hydrogen) atoms. The van der Waals surface area contributed by atoms with Crippen molar-refractivity contribution in [1.29, 1.82) is 0 Å². The Balaban J connectivity index is 2.76. The summed E-state index contributed by atoms with van der Waals surface area (Å²) in [5.74, 6) is -0.675. The zero-order valence-corrected chi connectivity index (χ0v) is 12.5. The molecule has 0 aliphatic carbocycles. The first kappa shape index (κ1) is 16.2. The number of carbonyl (C=O) groups is 2. The molecule has 0 heterocycles. The maximum atomic E-state index is 11.9. The number of amides is 1. The Bertz CT molecular complexity index is 446. The maximum Gasteiger partial charge on any atom is 0.314 e. The molecule has 0 spiro atoms. The molecule has 0 radical (unpaired) electrons. The molecule has 1 atom stereocenters. The summed E-state index contributed by atoms with van der Waals surface area (Å²) in [5, 5.41) is 0. The average molecular weight is 278 g/mol. The number of methoxy groups -OCH3 is 1. The molecule has 1 amide bonds. The van der Waals surface area contributed by atoms with Crippen LogP contribution in [0.1, 0.15) is 11.5 Å². The first-order chi connectivity index (χ1) is 9.45. The molecule has 0 N–H and O–H groups in total. The molecule has 1 unspecified atom stereocenters. The van der Waals surface area contributed by atoms with Gasteiger partial charge in [-0.05, 0) is 12.6 Å². The Kier molecular flexibility index (Phi) is 6.18. The van der Waals surface area contributed by atoms with Gasteiger partial charge in [0.2, 0.25) is 5.91 Å². The molecule has 0 fully saturated rings. The molecule has 0 aliphatic rings. The van der Waals surface area contributed by atoms with Crippen LogP contribution in [0.3, 0.4) is 0 Å². The Morgan fingerprint density at radius 2 is 1.75 bits per heavy atom. The second-order valence-corrected chi connectivity index (χ2v) is 4.97. The zero-order chi connectivity index (χ0) is 15.1. The van der Waals surface area contributed by atoms with E-state index in [2.05, 4.69) is 0 Å². The van der Waals surface area contributed by atoms with E-state index < -0.39 is 0 Å². The van der Waals surface area contributed by atoms with Gasteiger partial charge in [-0.3, -0.25) is 14.5 Å². The van der Waals surface area contributed by atoms with Crippen molar-refractivity contribution in [2.24, 2.45) is 0 Å². The molecule has 110 valence electrons. The van der Waals surface area contributed by atoms with Crippen molar-refractivity contribution >= 4 is 11.9 Å². The van der Waals surface area contributed by atoms with E-state index in [0.717, 1.165) is 5.56 Å². The number of hydrogen-bond donors (Lipinski definition) is 0. The molecule has 1 aromatic carbocycles. The quantitative estimate of drug-likeness (QED) is 0.727. The van der Waals surface area contributed by atoms with E-state index in [1.54, 1.807) is 14.1 Å². The van der Waals surface area contributed by atoms with Gasteiger partial charge in [0.05, 0.1) is 19.6 Å². The molecule has 5 heteroatoms. The number of rotatable bonds is 6. The first-order valence-corrected chi connectivity index (χ1v) is 6.47. The van der Waals surface area contributed by atoms with Gasteiger partial charge in [-0.15, -0.1) is 0 Å². The van der Waals surface area contributed by atoms with Crippen LogP contribution >= 0.6 is 0 Å². The van der Waals surface area contributed by atoms with Crippen molar-refractivity contribution in [3.8, 4) is 0 Å². The van der Waals surface area contributed by atoms with Crippen LogP contribution in [0.25, 0.3) is 0 Å². The van der Waals surface area contributed by atoms with Gasteiger partial charge in [0.1, 0.15) is 0 Å². The van der Waals surface area contributed by atoms with Gasteiger partial charge in [0.15, 0.2) is 0 Å². The van der Waals surface area contributed by atoms with Gasteiger partial charge in [-0.1, -0.05) is 30.3 Å². The molecule has 0 saturated heterocycles. The van der Waals surface area contributed by atoms with Crippen LogP contribution < -0.4 is 0 Å². The Morgan fingerprint density at radius 1 is 1.15 bits per heavy atom. The van der Waals surface area contributed by atoms with Crippen LogP contribution in [0.2, 0.25) is 0 Å². The molecule has 0 bridgehead atoms. The topological polar surface area (TPSA) is 49.9 Å². The number of likely N-dealkylation sites (N-methyl/N-ethyl adjacent to an activating group) is 2. The van der Waals surface area contributed by atoms with Crippen molar-refractivity contribution in [2.75, 3.05) is 41.3 Å². The van der Waals surface area contributed by atoms with Crippen LogP contribution in [0.4, 0.5) is 0 Å². The summed E-state index contributed by atoms with van der Waals surface area (Å²) in [4.78, 5) is 27.0. The second-order valence-electron chi connectivity index (χ2n) is 4.97. The minimum Gasteiger partial charge on any atom is -0.469 e. The minimum absolute atomic E-state index is 0.00387. The lowest BCUT2D eigenvalue weighted by molar-refractivity contribution is -0.143. The summed E-state index contributed by atoms with van der Waals surface area (Å²) < 4.78 is 4.86. The van der Waals surface area contributed by atoms with Crippen molar-refractivity contribution in [3.63, 3.8) is 0 Å².